The van der Waals surface area contributed by atoms with Gasteiger partial charge >= 0.3 is 0 Å². The Bertz CT molecular complexity index is 222. The summed E-state index contributed by atoms with van der Waals surface area (Å²) in [5, 5.41) is 0. The van der Waals surface area contributed by atoms with E-state index in [2.05, 4.69) is 41.9 Å². The second-order valence-electron chi connectivity index (χ2n) is 4.37. The molecule has 1 unspecified atom stereocenters. The predicted molar refractivity (Wildman–Crippen MR) is 54.4 cm³/mol. The Morgan fingerprint density at radius 1 is 1.46 bits per heavy atom. The van der Waals surface area contributed by atoms with E-state index in [1.807, 2.05) is 0 Å². The molecular formula is C10H19N3. The number of nitrogens with zero attached hydrogens (tertiary/aromatic N) is 3. The first-order valence-corrected chi connectivity index (χ1v) is 5.00. The van der Waals surface area contributed by atoms with E-state index in [9.17, 15) is 0 Å². The van der Waals surface area contributed by atoms with Gasteiger partial charge in [0.25, 0.3) is 0 Å². The SMILES string of the molecule is CC1=CN2CCN1CC2CN(C)C. The molecule has 74 valence electrons. The fourth-order valence-electron chi connectivity index (χ4n) is 2.27. The highest BCUT2D eigenvalue weighted by atomic mass is 15.3. The lowest BCUT2D eigenvalue weighted by atomic mass is 10.1. The molecule has 3 nitrogen and oxygen atoms in total. The van der Waals surface area contributed by atoms with Crippen molar-refractivity contribution in [3.63, 3.8) is 0 Å². The van der Waals surface area contributed by atoms with Gasteiger partial charge in [0, 0.05) is 38.1 Å². The van der Waals surface area contributed by atoms with Gasteiger partial charge in [-0.15, -0.1) is 0 Å². The minimum absolute atomic E-state index is 0.701. The monoisotopic (exact) mass is 181 g/mol. The van der Waals surface area contributed by atoms with Crippen LogP contribution in [-0.2, 0) is 0 Å². The average Bonchev–Trinajstić information content (AvgIpc) is 2.05. The molecule has 0 radical (unpaired) electrons. The van der Waals surface area contributed by atoms with Gasteiger partial charge in [-0.2, -0.15) is 0 Å². The number of rotatable bonds is 2. The second kappa shape index (κ2) is 3.22. The van der Waals surface area contributed by atoms with E-state index >= 15 is 0 Å². The zero-order valence-corrected chi connectivity index (χ0v) is 8.82. The molecule has 0 aliphatic carbocycles. The highest BCUT2D eigenvalue weighted by molar-refractivity contribution is 5.09. The normalized spacial score (nSPS) is 27.1. The average molecular weight is 181 g/mol. The van der Waals surface area contributed by atoms with Gasteiger partial charge in [-0.1, -0.05) is 0 Å². The van der Waals surface area contributed by atoms with Crippen molar-refractivity contribution in [2.24, 2.45) is 0 Å². The van der Waals surface area contributed by atoms with Crippen LogP contribution in [0.25, 0.3) is 0 Å². The fraction of sp³-hybridized carbons (Fsp3) is 0.800. The summed E-state index contributed by atoms with van der Waals surface area (Å²) in [6.45, 7) is 7.00. The molecule has 0 aromatic heterocycles. The van der Waals surface area contributed by atoms with Gasteiger partial charge in [0.15, 0.2) is 0 Å². The third kappa shape index (κ3) is 1.66. The second-order valence-corrected chi connectivity index (χ2v) is 4.37. The molecule has 0 spiro atoms. The summed E-state index contributed by atoms with van der Waals surface area (Å²) in [5.74, 6) is 0. The maximum Gasteiger partial charge on any atom is 0.0587 e. The Morgan fingerprint density at radius 3 is 2.69 bits per heavy atom. The largest absolute Gasteiger partial charge is 0.370 e. The van der Waals surface area contributed by atoms with Crippen LogP contribution in [-0.4, -0.2) is 61.0 Å². The lowest BCUT2D eigenvalue weighted by molar-refractivity contribution is 0.0864. The highest BCUT2D eigenvalue weighted by Gasteiger charge is 2.29. The first-order chi connectivity index (χ1) is 6.16. The Balaban J connectivity index is 2.04. The van der Waals surface area contributed by atoms with Crippen molar-refractivity contribution in [1.29, 1.82) is 0 Å². The van der Waals surface area contributed by atoms with E-state index in [1.54, 1.807) is 0 Å². The van der Waals surface area contributed by atoms with Crippen molar-refractivity contribution in [1.82, 2.24) is 14.7 Å². The zero-order chi connectivity index (χ0) is 9.42. The molecule has 0 aromatic rings. The molecule has 3 aliphatic rings. The van der Waals surface area contributed by atoms with E-state index in [1.165, 1.54) is 31.9 Å². The summed E-state index contributed by atoms with van der Waals surface area (Å²) < 4.78 is 0. The highest BCUT2D eigenvalue weighted by Crippen LogP contribution is 2.22. The number of allylic oxidation sites excluding steroid dienone is 1. The van der Waals surface area contributed by atoms with Crippen LogP contribution < -0.4 is 0 Å². The first kappa shape index (κ1) is 8.88. The van der Waals surface area contributed by atoms with Crippen LogP contribution in [0.3, 0.4) is 0 Å². The quantitative estimate of drug-likeness (QED) is 0.611. The van der Waals surface area contributed by atoms with Crippen LogP contribution in [0.4, 0.5) is 0 Å². The van der Waals surface area contributed by atoms with Crippen LogP contribution in [0, 0.1) is 0 Å². The Labute approximate surface area is 80.6 Å². The van der Waals surface area contributed by atoms with Crippen molar-refractivity contribution in [2.75, 3.05) is 40.3 Å². The zero-order valence-electron chi connectivity index (χ0n) is 8.82. The topological polar surface area (TPSA) is 9.72 Å². The Kier molecular flexibility index (Phi) is 2.20. The maximum absolute atomic E-state index is 2.50. The van der Waals surface area contributed by atoms with Crippen LogP contribution in [0.2, 0.25) is 0 Å². The van der Waals surface area contributed by atoms with Crippen molar-refractivity contribution >= 4 is 0 Å². The van der Waals surface area contributed by atoms with Crippen molar-refractivity contribution in [2.45, 2.75) is 13.0 Å². The summed E-state index contributed by atoms with van der Waals surface area (Å²) >= 11 is 0. The minimum Gasteiger partial charge on any atom is -0.370 e. The van der Waals surface area contributed by atoms with Gasteiger partial charge < -0.3 is 14.7 Å². The van der Waals surface area contributed by atoms with E-state index in [-0.39, 0.29) is 0 Å². The minimum atomic E-state index is 0.701. The number of piperazine rings is 1. The smallest absolute Gasteiger partial charge is 0.0587 e. The Hall–Kier alpha value is -0.700. The predicted octanol–water partition coefficient (Wildman–Crippen LogP) is 0.409. The molecule has 0 N–H and O–H groups in total. The molecule has 3 heterocycles. The molecule has 13 heavy (non-hydrogen) atoms. The van der Waals surface area contributed by atoms with Crippen LogP contribution in [0.15, 0.2) is 11.9 Å². The van der Waals surface area contributed by atoms with Gasteiger partial charge in [0.1, 0.15) is 0 Å². The molecule has 1 fully saturated rings. The van der Waals surface area contributed by atoms with Gasteiger partial charge in [0.2, 0.25) is 0 Å². The fourth-order valence-corrected chi connectivity index (χ4v) is 2.27. The van der Waals surface area contributed by atoms with Crippen molar-refractivity contribution < 1.29 is 0 Å². The molecule has 0 amide bonds. The molecule has 0 aromatic carbocycles. The van der Waals surface area contributed by atoms with Gasteiger partial charge in [-0.3, -0.25) is 0 Å². The summed E-state index contributed by atoms with van der Waals surface area (Å²) in [7, 11) is 4.30. The summed E-state index contributed by atoms with van der Waals surface area (Å²) in [5.41, 5.74) is 1.43. The van der Waals surface area contributed by atoms with E-state index in [0.717, 1.165) is 0 Å². The molecule has 1 saturated heterocycles. The lowest BCUT2D eigenvalue weighted by Crippen LogP contribution is -2.57. The molecule has 0 saturated carbocycles. The van der Waals surface area contributed by atoms with Crippen LogP contribution in [0.5, 0.6) is 0 Å². The summed E-state index contributed by atoms with van der Waals surface area (Å²) in [6, 6.07) is 0.701. The van der Waals surface area contributed by atoms with Crippen molar-refractivity contribution in [3.8, 4) is 0 Å². The Morgan fingerprint density at radius 2 is 2.23 bits per heavy atom. The van der Waals surface area contributed by atoms with E-state index in [0.29, 0.717) is 6.04 Å². The lowest BCUT2D eigenvalue weighted by Gasteiger charge is -2.48. The third-order valence-electron chi connectivity index (χ3n) is 2.96. The summed E-state index contributed by atoms with van der Waals surface area (Å²) in [4.78, 5) is 7.26. The molecule has 3 aliphatic heterocycles. The van der Waals surface area contributed by atoms with Gasteiger partial charge in [-0.05, 0) is 21.0 Å². The maximum atomic E-state index is 2.50. The number of likely N-dealkylation sites (N-methyl/N-ethyl adjacent to an activating group) is 1. The molecule has 3 heteroatoms. The molecule has 1 atom stereocenters. The first-order valence-electron chi connectivity index (χ1n) is 5.00. The van der Waals surface area contributed by atoms with Gasteiger partial charge in [0.05, 0.1) is 6.04 Å². The number of hydrogen-bond donors (Lipinski definition) is 0. The third-order valence-corrected chi connectivity index (χ3v) is 2.96. The molecule has 3 rings (SSSR count). The van der Waals surface area contributed by atoms with Gasteiger partial charge in [-0.25, -0.2) is 0 Å². The van der Waals surface area contributed by atoms with Crippen LogP contribution >= 0.6 is 0 Å². The number of hydrogen-bond acceptors (Lipinski definition) is 3. The van der Waals surface area contributed by atoms with E-state index in [4.69, 9.17) is 0 Å². The molecular weight excluding hydrogens is 162 g/mol. The molecule has 2 bridgehead atoms. The van der Waals surface area contributed by atoms with Crippen LogP contribution in [0.1, 0.15) is 6.92 Å². The standard InChI is InChI=1S/C10H19N3/c1-9-6-13-5-4-12(9)8-10(13)7-11(2)3/h6,10H,4-5,7-8H2,1-3H3. The van der Waals surface area contributed by atoms with E-state index < -0.39 is 0 Å². The van der Waals surface area contributed by atoms with Crippen molar-refractivity contribution in [3.05, 3.63) is 11.9 Å². The number of fused-ring (bicyclic) bond motifs is 2. The summed E-state index contributed by atoms with van der Waals surface area (Å²) in [6.07, 6.45) is 2.31.